The van der Waals surface area contributed by atoms with Crippen molar-refractivity contribution >= 4 is 23.6 Å². The Morgan fingerprint density at radius 3 is 2.30 bits per heavy atom. The topological polar surface area (TPSA) is 58.6 Å². The van der Waals surface area contributed by atoms with Gasteiger partial charge in [0.2, 0.25) is 0 Å². The first-order valence-corrected chi connectivity index (χ1v) is 16.8. The number of methoxy groups -OCH3 is 1. The molecule has 1 aliphatic carbocycles. The smallest absolute Gasteiger partial charge is 0.328 e. The van der Waals surface area contributed by atoms with E-state index in [4.69, 9.17) is 4.74 Å². The Morgan fingerprint density at radius 2 is 1.64 bits per heavy atom. The third-order valence-corrected chi connectivity index (χ3v) is 9.20. The molecule has 1 amide bonds. The van der Waals surface area contributed by atoms with Gasteiger partial charge in [-0.25, -0.2) is 13.6 Å². The molecule has 8 heteroatoms. The third-order valence-electron chi connectivity index (χ3n) is 8.55. The van der Waals surface area contributed by atoms with E-state index >= 15 is 0 Å². The number of hydrogen-bond acceptors (Lipinski definition) is 5. The molecule has 0 radical (unpaired) electrons. The number of ether oxygens (including phenoxy) is 1. The van der Waals surface area contributed by atoms with Crippen LogP contribution in [-0.4, -0.2) is 48.5 Å². The summed E-state index contributed by atoms with van der Waals surface area (Å²) < 4.78 is 33.2. The summed E-state index contributed by atoms with van der Waals surface area (Å²) in [7, 11) is 1.33. The van der Waals surface area contributed by atoms with Crippen molar-refractivity contribution in [1.82, 2.24) is 10.2 Å². The fourth-order valence-corrected chi connectivity index (χ4v) is 6.60. The molecule has 1 saturated carbocycles. The Kier molecular flexibility index (Phi) is 12.4. The lowest BCUT2D eigenvalue weighted by atomic mass is 9.82. The van der Waals surface area contributed by atoms with Crippen LogP contribution in [0.5, 0.6) is 0 Å². The standard InChI is InChI=1S/C36H44F2N2O3S/c1-24-9-11-26(12-10-24)21-40(23-28-17-29(37)20-30(38)18-28)22-27-13-14-32(33(19-27)31-8-6-5-7-25(31)2)35(41)39-34(15-16-44-4)36(42)43-3/h5-8,13-14,17-20,24,26,34H,9-12,15-16,21-23H2,1-4H3,(H,39,41)/t24?,26?,34-/m0/s1. The van der Waals surface area contributed by atoms with E-state index in [-0.39, 0.29) is 5.91 Å². The Balaban J connectivity index is 1.66. The van der Waals surface area contributed by atoms with Crippen LogP contribution in [-0.2, 0) is 22.6 Å². The van der Waals surface area contributed by atoms with E-state index < -0.39 is 23.6 Å². The predicted octanol–water partition coefficient (Wildman–Crippen LogP) is 7.79. The van der Waals surface area contributed by atoms with Gasteiger partial charge in [0.25, 0.3) is 5.91 Å². The fraction of sp³-hybridized carbons (Fsp3) is 0.444. The average molecular weight is 623 g/mol. The lowest BCUT2D eigenvalue weighted by Gasteiger charge is -2.32. The Labute approximate surface area is 264 Å². The molecule has 4 rings (SSSR count). The van der Waals surface area contributed by atoms with Gasteiger partial charge in [0.15, 0.2) is 0 Å². The molecule has 0 aliphatic heterocycles. The average Bonchev–Trinajstić information content (AvgIpc) is 2.99. The van der Waals surface area contributed by atoms with Crippen LogP contribution in [0.4, 0.5) is 8.78 Å². The highest BCUT2D eigenvalue weighted by Gasteiger charge is 2.25. The van der Waals surface area contributed by atoms with Crippen molar-refractivity contribution in [3.63, 3.8) is 0 Å². The second kappa shape index (κ2) is 16.2. The number of aryl methyl sites for hydroxylation is 1. The molecule has 3 aromatic rings. The van der Waals surface area contributed by atoms with E-state index in [1.165, 1.54) is 32.1 Å². The van der Waals surface area contributed by atoms with E-state index in [9.17, 15) is 18.4 Å². The van der Waals surface area contributed by atoms with Gasteiger partial charge in [0.1, 0.15) is 17.7 Å². The van der Waals surface area contributed by atoms with Gasteiger partial charge in [-0.1, -0.05) is 50.1 Å². The van der Waals surface area contributed by atoms with E-state index in [1.54, 1.807) is 11.8 Å². The third kappa shape index (κ3) is 9.38. The first-order chi connectivity index (χ1) is 21.2. The van der Waals surface area contributed by atoms with Gasteiger partial charge < -0.3 is 10.1 Å². The Bertz CT molecular complexity index is 1400. The number of amides is 1. The van der Waals surface area contributed by atoms with E-state index in [0.29, 0.717) is 42.3 Å². The number of rotatable bonds is 13. The normalized spacial score (nSPS) is 17.3. The Morgan fingerprint density at radius 1 is 0.955 bits per heavy atom. The molecule has 1 fully saturated rings. The minimum absolute atomic E-state index is 0.338. The summed E-state index contributed by atoms with van der Waals surface area (Å²) in [6.07, 6.45) is 7.08. The van der Waals surface area contributed by atoms with Crippen LogP contribution >= 0.6 is 11.8 Å². The Hall–Kier alpha value is -3.23. The fourth-order valence-electron chi connectivity index (χ4n) is 6.13. The SMILES string of the molecule is COC(=O)[C@H](CCSC)NC(=O)c1ccc(CN(Cc2cc(F)cc(F)c2)CC2CCC(C)CC2)cc1-c1ccccc1C. The number of carbonyl (C=O) groups excluding carboxylic acids is 2. The zero-order valence-electron chi connectivity index (χ0n) is 26.2. The van der Waals surface area contributed by atoms with Crippen LogP contribution in [0.15, 0.2) is 60.7 Å². The van der Waals surface area contributed by atoms with Crippen LogP contribution in [0.1, 0.15) is 66.1 Å². The minimum atomic E-state index is -0.746. The molecule has 5 nitrogen and oxygen atoms in total. The highest BCUT2D eigenvalue weighted by Crippen LogP contribution is 2.32. The number of esters is 1. The van der Waals surface area contributed by atoms with E-state index in [1.807, 2.05) is 55.6 Å². The molecular weight excluding hydrogens is 578 g/mol. The van der Waals surface area contributed by atoms with Crippen molar-refractivity contribution < 1.29 is 23.1 Å². The summed E-state index contributed by atoms with van der Waals surface area (Å²) in [6, 6.07) is 16.7. The molecule has 3 aromatic carbocycles. The lowest BCUT2D eigenvalue weighted by Crippen LogP contribution is -2.42. The van der Waals surface area contributed by atoms with Gasteiger partial charge in [-0.2, -0.15) is 11.8 Å². The highest BCUT2D eigenvalue weighted by molar-refractivity contribution is 7.98. The summed E-state index contributed by atoms with van der Waals surface area (Å²) in [5.74, 6) is -0.0151. The highest BCUT2D eigenvalue weighted by atomic mass is 32.2. The van der Waals surface area contributed by atoms with Crippen LogP contribution in [0, 0.1) is 30.4 Å². The van der Waals surface area contributed by atoms with Crippen LogP contribution < -0.4 is 5.32 Å². The maximum absolute atomic E-state index is 14.1. The van der Waals surface area contributed by atoms with Crippen LogP contribution in [0.2, 0.25) is 0 Å². The van der Waals surface area contributed by atoms with Gasteiger partial charge in [-0.05, 0) is 102 Å². The van der Waals surface area contributed by atoms with Crippen LogP contribution in [0.3, 0.4) is 0 Å². The summed E-state index contributed by atoms with van der Waals surface area (Å²) in [6.45, 7) is 6.10. The predicted molar refractivity (Wildman–Crippen MR) is 174 cm³/mol. The van der Waals surface area contributed by atoms with Gasteiger partial charge in [0.05, 0.1) is 7.11 Å². The molecule has 0 unspecified atom stereocenters. The van der Waals surface area contributed by atoms with Gasteiger partial charge >= 0.3 is 5.97 Å². The largest absolute Gasteiger partial charge is 0.467 e. The molecule has 1 N–H and O–H groups in total. The zero-order chi connectivity index (χ0) is 31.6. The molecule has 1 aliphatic rings. The lowest BCUT2D eigenvalue weighted by molar-refractivity contribution is -0.142. The zero-order valence-corrected chi connectivity index (χ0v) is 27.0. The second-order valence-corrected chi connectivity index (χ2v) is 13.1. The first-order valence-electron chi connectivity index (χ1n) is 15.4. The number of hydrogen-bond donors (Lipinski definition) is 1. The summed E-state index contributed by atoms with van der Waals surface area (Å²) in [4.78, 5) is 28.4. The molecule has 0 saturated heterocycles. The number of nitrogens with one attached hydrogen (secondary N) is 1. The molecule has 0 heterocycles. The maximum atomic E-state index is 14.1. The molecule has 0 bridgehead atoms. The molecule has 44 heavy (non-hydrogen) atoms. The number of thioether (sulfide) groups is 1. The van der Waals surface area contributed by atoms with Crippen LogP contribution in [0.25, 0.3) is 11.1 Å². The number of nitrogens with zero attached hydrogens (tertiary/aromatic N) is 1. The van der Waals surface area contributed by atoms with Crippen molar-refractivity contribution in [1.29, 1.82) is 0 Å². The van der Waals surface area contributed by atoms with Gasteiger partial charge in [-0.15, -0.1) is 0 Å². The molecule has 1 atom stereocenters. The molecule has 236 valence electrons. The summed E-state index contributed by atoms with van der Waals surface area (Å²) in [5, 5.41) is 2.90. The second-order valence-electron chi connectivity index (χ2n) is 12.1. The van der Waals surface area contributed by atoms with E-state index in [0.717, 1.165) is 53.6 Å². The summed E-state index contributed by atoms with van der Waals surface area (Å²) >= 11 is 1.60. The maximum Gasteiger partial charge on any atom is 0.328 e. The quantitative estimate of drug-likeness (QED) is 0.197. The molecule has 0 spiro atoms. The number of halogens is 2. The van der Waals surface area contributed by atoms with Gasteiger partial charge in [-0.3, -0.25) is 9.69 Å². The monoisotopic (exact) mass is 622 g/mol. The minimum Gasteiger partial charge on any atom is -0.467 e. The van der Waals surface area contributed by atoms with Crippen molar-refractivity contribution in [3.8, 4) is 11.1 Å². The van der Waals surface area contributed by atoms with Gasteiger partial charge in [0, 0.05) is 31.3 Å². The van der Waals surface area contributed by atoms with E-state index in [2.05, 4.69) is 17.1 Å². The molecule has 0 aromatic heterocycles. The number of benzene rings is 3. The summed E-state index contributed by atoms with van der Waals surface area (Å²) in [5.41, 5.74) is 4.79. The molecular formula is C36H44F2N2O3S. The van der Waals surface area contributed by atoms with Crippen molar-refractivity contribution in [3.05, 3.63) is 94.6 Å². The van der Waals surface area contributed by atoms with Crippen molar-refractivity contribution in [2.75, 3.05) is 25.7 Å². The first kappa shape index (κ1) is 33.7. The van der Waals surface area contributed by atoms with Crippen molar-refractivity contribution in [2.24, 2.45) is 11.8 Å². The number of carbonyl (C=O) groups is 2. The van der Waals surface area contributed by atoms with Crippen molar-refractivity contribution in [2.45, 2.75) is 65.1 Å².